The number of H-pyrrole nitrogens is 1. The molecule has 6 heteroatoms. The standard InChI is InChI=1S/C18H16BrClN2O2/c19-15-9-13(20)5-6-17(15)24-11-18(23)21-8-7-12-10-22-16-4-2-1-3-14(12)16/h1-6,9-10,22H,7-8,11H2,(H,21,23). The Bertz CT molecular complexity index is 863. The second-order valence-electron chi connectivity index (χ2n) is 5.32. The van der Waals surface area contributed by atoms with Gasteiger partial charge >= 0.3 is 0 Å². The van der Waals surface area contributed by atoms with Gasteiger partial charge in [0.15, 0.2) is 6.61 Å². The number of carbonyl (C=O) groups excluding carboxylic acids is 1. The molecule has 2 N–H and O–H groups in total. The van der Waals surface area contributed by atoms with Crippen molar-refractivity contribution in [3.8, 4) is 5.75 Å². The molecule has 124 valence electrons. The molecule has 0 atom stereocenters. The average molecular weight is 408 g/mol. The summed E-state index contributed by atoms with van der Waals surface area (Å²) in [6, 6.07) is 13.3. The zero-order chi connectivity index (χ0) is 16.9. The van der Waals surface area contributed by atoms with Gasteiger partial charge in [-0.25, -0.2) is 0 Å². The van der Waals surface area contributed by atoms with Crippen molar-refractivity contribution in [3.63, 3.8) is 0 Å². The van der Waals surface area contributed by atoms with E-state index in [1.165, 1.54) is 10.9 Å². The molecule has 1 heterocycles. The lowest BCUT2D eigenvalue weighted by molar-refractivity contribution is -0.123. The van der Waals surface area contributed by atoms with Crippen molar-refractivity contribution in [2.75, 3.05) is 13.2 Å². The van der Waals surface area contributed by atoms with Crippen molar-refractivity contribution in [2.45, 2.75) is 6.42 Å². The molecule has 0 aliphatic heterocycles. The van der Waals surface area contributed by atoms with E-state index in [2.05, 4.69) is 32.3 Å². The zero-order valence-electron chi connectivity index (χ0n) is 12.8. The summed E-state index contributed by atoms with van der Waals surface area (Å²) in [5.41, 5.74) is 2.29. The minimum absolute atomic E-state index is 0.0336. The van der Waals surface area contributed by atoms with Gasteiger partial charge in [0.2, 0.25) is 0 Å². The number of carbonyl (C=O) groups is 1. The van der Waals surface area contributed by atoms with E-state index in [4.69, 9.17) is 16.3 Å². The van der Waals surface area contributed by atoms with Crippen LogP contribution < -0.4 is 10.1 Å². The Hall–Kier alpha value is -1.98. The van der Waals surface area contributed by atoms with E-state index >= 15 is 0 Å². The molecule has 0 saturated carbocycles. The maximum atomic E-state index is 11.9. The fourth-order valence-electron chi connectivity index (χ4n) is 2.46. The van der Waals surface area contributed by atoms with Crippen molar-refractivity contribution < 1.29 is 9.53 Å². The van der Waals surface area contributed by atoms with Crippen LogP contribution in [0.3, 0.4) is 0 Å². The Labute approximate surface area is 153 Å². The van der Waals surface area contributed by atoms with Crippen molar-refractivity contribution >= 4 is 44.3 Å². The van der Waals surface area contributed by atoms with E-state index in [1.807, 2.05) is 24.4 Å². The van der Waals surface area contributed by atoms with Gasteiger partial charge in [0, 0.05) is 28.7 Å². The van der Waals surface area contributed by atoms with Gasteiger partial charge < -0.3 is 15.0 Å². The average Bonchev–Trinajstić information content (AvgIpc) is 2.97. The highest BCUT2D eigenvalue weighted by Gasteiger charge is 2.07. The third-order valence-electron chi connectivity index (χ3n) is 3.64. The lowest BCUT2D eigenvalue weighted by Crippen LogP contribution is -2.30. The van der Waals surface area contributed by atoms with Gasteiger partial charge in [-0.05, 0) is 52.2 Å². The summed E-state index contributed by atoms with van der Waals surface area (Å²) in [7, 11) is 0. The first-order chi connectivity index (χ1) is 11.6. The molecule has 0 bridgehead atoms. The molecular weight excluding hydrogens is 392 g/mol. The van der Waals surface area contributed by atoms with Gasteiger partial charge in [0.25, 0.3) is 5.91 Å². The van der Waals surface area contributed by atoms with E-state index < -0.39 is 0 Å². The number of para-hydroxylation sites is 1. The molecule has 1 amide bonds. The summed E-state index contributed by atoms with van der Waals surface area (Å²) in [6.45, 7) is 0.528. The molecule has 0 radical (unpaired) electrons. The van der Waals surface area contributed by atoms with Crippen LogP contribution in [0, 0.1) is 0 Å². The lowest BCUT2D eigenvalue weighted by atomic mass is 10.1. The van der Waals surface area contributed by atoms with Crippen molar-refractivity contribution in [2.24, 2.45) is 0 Å². The minimum atomic E-state index is -0.156. The van der Waals surface area contributed by atoms with Gasteiger partial charge in [-0.1, -0.05) is 29.8 Å². The lowest BCUT2D eigenvalue weighted by Gasteiger charge is -2.09. The van der Waals surface area contributed by atoms with Crippen LogP contribution in [0.5, 0.6) is 5.75 Å². The van der Waals surface area contributed by atoms with Crippen LogP contribution in [0.15, 0.2) is 53.1 Å². The van der Waals surface area contributed by atoms with Crippen LogP contribution in [0.4, 0.5) is 0 Å². The summed E-state index contributed by atoms with van der Waals surface area (Å²) >= 11 is 9.23. The smallest absolute Gasteiger partial charge is 0.257 e. The molecule has 0 saturated heterocycles. The molecule has 3 aromatic rings. The number of fused-ring (bicyclic) bond motifs is 1. The third-order valence-corrected chi connectivity index (χ3v) is 4.50. The Balaban J connectivity index is 1.47. The third kappa shape index (κ3) is 4.10. The van der Waals surface area contributed by atoms with Gasteiger partial charge in [-0.2, -0.15) is 0 Å². The quantitative estimate of drug-likeness (QED) is 0.639. The number of ether oxygens (including phenoxy) is 1. The largest absolute Gasteiger partial charge is 0.483 e. The normalized spacial score (nSPS) is 10.8. The highest BCUT2D eigenvalue weighted by atomic mass is 79.9. The second-order valence-corrected chi connectivity index (χ2v) is 6.61. The molecule has 0 aliphatic carbocycles. The van der Waals surface area contributed by atoms with E-state index in [0.29, 0.717) is 17.3 Å². The van der Waals surface area contributed by atoms with Crippen molar-refractivity contribution in [3.05, 3.63) is 63.7 Å². The van der Waals surface area contributed by atoms with Crippen LogP contribution in [0.2, 0.25) is 5.02 Å². The first kappa shape index (κ1) is 16.9. The molecule has 0 unspecified atom stereocenters. The predicted molar refractivity (Wildman–Crippen MR) is 99.7 cm³/mol. The highest BCUT2D eigenvalue weighted by molar-refractivity contribution is 9.10. The molecule has 0 spiro atoms. The van der Waals surface area contributed by atoms with Gasteiger partial charge in [0.1, 0.15) is 5.75 Å². The number of rotatable bonds is 6. The van der Waals surface area contributed by atoms with Gasteiger partial charge in [0.05, 0.1) is 4.47 Å². The van der Waals surface area contributed by atoms with Crippen molar-refractivity contribution in [1.29, 1.82) is 0 Å². The van der Waals surface area contributed by atoms with E-state index in [0.717, 1.165) is 16.4 Å². The fourth-order valence-corrected chi connectivity index (χ4v) is 3.26. The number of halogens is 2. The maximum Gasteiger partial charge on any atom is 0.257 e. The number of hydrogen-bond acceptors (Lipinski definition) is 2. The van der Waals surface area contributed by atoms with E-state index in [-0.39, 0.29) is 12.5 Å². The molecule has 1 aromatic heterocycles. The molecule has 3 rings (SSSR count). The number of benzene rings is 2. The predicted octanol–water partition coefficient (Wildman–Crippen LogP) is 4.32. The number of amides is 1. The summed E-state index contributed by atoms with van der Waals surface area (Å²) in [5, 5.41) is 4.66. The molecule has 2 aromatic carbocycles. The number of aromatic amines is 1. The SMILES string of the molecule is O=C(COc1ccc(Cl)cc1Br)NCCc1c[nH]c2ccccc12. The van der Waals surface area contributed by atoms with Crippen LogP contribution >= 0.6 is 27.5 Å². The molecular formula is C18H16BrClN2O2. The van der Waals surface area contributed by atoms with Gasteiger partial charge in [-0.3, -0.25) is 4.79 Å². The second kappa shape index (κ2) is 7.73. The summed E-state index contributed by atoms with van der Waals surface area (Å²) < 4.78 is 6.21. The van der Waals surface area contributed by atoms with Gasteiger partial charge in [-0.15, -0.1) is 0 Å². The Morgan fingerprint density at radius 3 is 2.92 bits per heavy atom. The topological polar surface area (TPSA) is 54.1 Å². The van der Waals surface area contributed by atoms with E-state index in [9.17, 15) is 4.79 Å². The highest BCUT2D eigenvalue weighted by Crippen LogP contribution is 2.27. The molecule has 0 fully saturated rings. The maximum absolute atomic E-state index is 11.9. The van der Waals surface area contributed by atoms with Crippen LogP contribution in [0.25, 0.3) is 10.9 Å². The number of aromatic nitrogens is 1. The monoisotopic (exact) mass is 406 g/mol. The first-order valence-electron chi connectivity index (χ1n) is 7.53. The number of hydrogen-bond donors (Lipinski definition) is 2. The summed E-state index contributed by atoms with van der Waals surface area (Å²) in [5.74, 6) is 0.433. The fraction of sp³-hybridized carbons (Fsp3) is 0.167. The first-order valence-corrected chi connectivity index (χ1v) is 8.70. The van der Waals surface area contributed by atoms with E-state index in [1.54, 1.807) is 18.2 Å². The summed E-state index contributed by atoms with van der Waals surface area (Å²) in [4.78, 5) is 15.1. The number of nitrogens with one attached hydrogen (secondary N) is 2. The summed E-state index contributed by atoms with van der Waals surface area (Å²) in [6.07, 6.45) is 2.75. The van der Waals surface area contributed by atoms with Crippen LogP contribution in [0.1, 0.15) is 5.56 Å². The van der Waals surface area contributed by atoms with Crippen molar-refractivity contribution in [1.82, 2.24) is 10.3 Å². The Morgan fingerprint density at radius 2 is 2.08 bits per heavy atom. The minimum Gasteiger partial charge on any atom is -0.483 e. The zero-order valence-corrected chi connectivity index (χ0v) is 15.2. The molecule has 0 aliphatic rings. The molecule has 24 heavy (non-hydrogen) atoms. The Morgan fingerprint density at radius 1 is 1.25 bits per heavy atom. The van der Waals surface area contributed by atoms with Crippen LogP contribution in [-0.4, -0.2) is 24.0 Å². The van der Waals surface area contributed by atoms with Crippen LogP contribution in [-0.2, 0) is 11.2 Å². The Kier molecular flexibility index (Phi) is 5.43. The molecule has 4 nitrogen and oxygen atoms in total.